The van der Waals surface area contributed by atoms with Crippen LogP contribution in [0, 0.1) is 0 Å². The standard InChI is InChI=1S/C12H16O5/c1-8(7-15-2)17-11-6-9(12(13)14)4-5-10(11)16-3/h4-6,8H,7H2,1-3H3,(H,13,14). The summed E-state index contributed by atoms with van der Waals surface area (Å²) in [5.41, 5.74) is 0.158. The first-order valence-corrected chi connectivity index (χ1v) is 5.15. The molecule has 5 heteroatoms. The molecule has 1 atom stereocenters. The summed E-state index contributed by atoms with van der Waals surface area (Å²) >= 11 is 0. The molecule has 94 valence electrons. The summed E-state index contributed by atoms with van der Waals surface area (Å²) in [6.07, 6.45) is -0.182. The van der Waals surface area contributed by atoms with Crippen LogP contribution in [-0.2, 0) is 4.74 Å². The third kappa shape index (κ3) is 3.64. The molecule has 0 radical (unpaired) electrons. The van der Waals surface area contributed by atoms with Crippen LogP contribution in [0.2, 0.25) is 0 Å². The van der Waals surface area contributed by atoms with E-state index in [-0.39, 0.29) is 11.7 Å². The molecule has 0 aliphatic carbocycles. The Hall–Kier alpha value is -1.75. The first-order chi connectivity index (χ1) is 8.08. The van der Waals surface area contributed by atoms with Gasteiger partial charge < -0.3 is 19.3 Å². The number of hydrogen-bond donors (Lipinski definition) is 1. The minimum absolute atomic E-state index is 0.158. The Balaban J connectivity index is 2.93. The molecule has 17 heavy (non-hydrogen) atoms. The Bertz CT molecular complexity index is 388. The second kappa shape index (κ2) is 6.10. The maximum Gasteiger partial charge on any atom is 0.335 e. The van der Waals surface area contributed by atoms with Crippen LogP contribution >= 0.6 is 0 Å². The number of rotatable bonds is 6. The van der Waals surface area contributed by atoms with Crippen molar-refractivity contribution in [1.82, 2.24) is 0 Å². The molecule has 5 nitrogen and oxygen atoms in total. The molecule has 0 aliphatic heterocycles. The lowest BCUT2D eigenvalue weighted by atomic mass is 10.2. The second-order valence-electron chi connectivity index (χ2n) is 3.55. The van der Waals surface area contributed by atoms with E-state index < -0.39 is 5.97 Å². The van der Waals surface area contributed by atoms with Gasteiger partial charge in [0.05, 0.1) is 19.3 Å². The van der Waals surface area contributed by atoms with Crippen LogP contribution in [0.5, 0.6) is 11.5 Å². The van der Waals surface area contributed by atoms with Crippen molar-refractivity contribution in [3.05, 3.63) is 23.8 Å². The van der Waals surface area contributed by atoms with Gasteiger partial charge in [-0.2, -0.15) is 0 Å². The molecule has 0 heterocycles. The van der Waals surface area contributed by atoms with Gasteiger partial charge in [-0.25, -0.2) is 4.79 Å². The van der Waals surface area contributed by atoms with E-state index in [0.717, 1.165) is 0 Å². The fourth-order valence-electron chi connectivity index (χ4n) is 1.39. The molecule has 0 saturated heterocycles. The summed E-state index contributed by atoms with van der Waals surface area (Å²) in [7, 11) is 3.08. The van der Waals surface area contributed by atoms with Crippen molar-refractivity contribution < 1.29 is 24.1 Å². The lowest BCUT2D eigenvalue weighted by Crippen LogP contribution is -2.18. The molecule has 0 amide bonds. The molecule has 0 spiro atoms. The quantitative estimate of drug-likeness (QED) is 0.821. The van der Waals surface area contributed by atoms with E-state index in [1.807, 2.05) is 6.92 Å². The van der Waals surface area contributed by atoms with E-state index in [9.17, 15) is 4.79 Å². The van der Waals surface area contributed by atoms with Crippen LogP contribution in [0.1, 0.15) is 17.3 Å². The predicted octanol–water partition coefficient (Wildman–Crippen LogP) is 1.81. The third-order valence-corrected chi connectivity index (χ3v) is 2.14. The summed E-state index contributed by atoms with van der Waals surface area (Å²) in [5.74, 6) is -0.105. The summed E-state index contributed by atoms with van der Waals surface area (Å²) in [6.45, 7) is 2.25. The largest absolute Gasteiger partial charge is 0.493 e. The second-order valence-corrected chi connectivity index (χ2v) is 3.55. The molecule has 1 unspecified atom stereocenters. The van der Waals surface area contributed by atoms with Crippen LogP contribution in [0.15, 0.2) is 18.2 Å². The lowest BCUT2D eigenvalue weighted by Gasteiger charge is -2.16. The fourth-order valence-corrected chi connectivity index (χ4v) is 1.39. The van der Waals surface area contributed by atoms with Gasteiger partial charge in [-0.15, -0.1) is 0 Å². The molecular formula is C12H16O5. The van der Waals surface area contributed by atoms with E-state index in [1.54, 1.807) is 13.2 Å². The van der Waals surface area contributed by atoms with Crippen LogP contribution in [-0.4, -0.2) is 38.0 Å². The van der Waals surface area contributed by atoms with E-state index in [1.165, 1.54) is 19.2 Å². The number of aromatic carboxylic acids is 1. The Morgan fingerprint density at radius 3 is 2.59 bits per heavy atom. The molecule has 0 aromatic heterocycles. The van der Waals surface area contributed by atoms with Gasteiger partial charge in [-0.3, -0.25) is 0 Å². The molecular weight excluding hydrogens is 224 g/mol. The topological polar surface area (TPSA) is 65.0 Å². The molecule has 0 saturated carbocycles. The highest BCUT2D eigenvalue weighted by atomic mass is 16.5. The maximum absolute atomic E-state index is 10.8. The summed E-state index contributed by atoms with van der Waals surface area (Å²) in [6, 6.07) is 4.47. The zero-order valence-corrected chi connectivity index (χ0v) is 10.1. The third-order valence-electron chi connectivity index (χ3n) is 2.14. The van der Waals surface area contributed by atoms with Crippen molar-refractivity contribution in [2.75, 3.05) is 20.8 Å². The van der Waals surface area contributed by atoms with E-state index in [0.29, 0.717) is 18.1 Å². The average Bonchev–Trinajstić information content (AvgIpc) is 2.29. The average molecular weight is 240 g/mol. The van der Waals surface area contributed by atoms with Crippen molar-refractivity contribution >= 4 is 5.97 Å². The van der Waals surface area contributed by atoms with Gasteiger partial charge in [0.25, 0.3) is 0 Å². The smallest absolute Gasteiger partial charge is 0.335 e. The van der Waals surface area contributed by atoms with Crippen molar-refractivity contribution in [1.29, 1.82) is 0 Å². The highest BCUT2D eigenvalue weighted by Gasteiger charge is 2.12. The number of ether oxygens (including phenoxy) is 3. The van der Waals surface area contributed by atoms with Gasteiger partial charge in [-0.1, -0.05) is 0 Å². The molecule has 1 aromatic rings. The SMILES string of the molecule is COCC(C)Oc1cc(C(=O)O)ccc1OC. The van der Waals surface area contributed by atoms with Crippen LogP contribution < -0.4 is 9.47 Å². The summed E-state index contributed by atoms with van der Waals surface area (Å²) in [4.78, 5) is 10.8. The fraction of sp³-hybridized carbons (Fsp3) is 0.417. The van der Waals surface area contributed by atoms with Gasteiger partial charge in [0.1, 0.15) is 6.10 Å². The van der Waals surface area contributed by atoms with Gasteiger partial charge in [0.15, 0.2) is 11.5 Å². The monoisotopic (exact) mass is 240 g/mol. The zero-order chi connectivity index (χ0) is 12.8. The number of carboxylic acids is 1. The molecule has 0 bridgehead atoms. The summed E-state index contributed by atoms with van der Waals surface area (Å²) < 4.78 is 15.6. The number of carboxylic acid groups (broad SMARTS) is 1. The Morgan fingerprint density at radius 2 is 2.06 bits per heavy atom. The number of benzene rings is 1. The van der Waals surface area contributed by atoms with Crippen molar-refractivity contribution in [3.63, 3.8) is 0 Å². The summed E-state index contributed by atoms with van der Waals surface area (Å²) in [5, 5.41) is 8.89. The van der Waals surface area contributed by atoms with Crippen LogP contribution in [0.25, 0.3) is 0 Å². The zero-order valence-electron chi connectivity index (χ0n) is 10.1. The number of methoxy groups -OCH3 is 2. The van der Waals surface area contributed by atoms with Crippen LogP contribution in [0.3, 0.4) is 0 Å². The van der Waals surface area contributed by atoms with Gasteiger partial charge in [-0.05, 0) is 25.1 Å². The Labute approximate surface area is 99.9 Å². The van der Waals surface area contributed by atoms with Gasteiger partial charge >= 0.3 is 5.97 Å². The molecule has 1 aromatic carbocycles. The first kappa shape index (κ1) is 13.3. The van der Waals surface area contributed by atoms with E-state index in [2.05, 4.69) is 0 Å². The normalized spacial score (nSPS) is 11.9. The van der Waals surface area contributed by atoms with Gasteiger partial charge in [0.2, 0.25) is 0 Å². The predicted molar refractivity (Wildman–Crippen MR) is 61.9 cm³/mol. The van der Waals surface area contributed by atoms with E-state index >= 15 is 0 Å². The lowest BCUT2D eigenvalue weighted by molar-refractivity contribution is 0.0694. The van der Waals surface area contributed by atoms with Crippen LogP contribution in [0.4, 0.5) is 0 Å². The molecule has 0 fully saturated rings. The van der Waals surface area contributed by atoms with Crippen molar-refractivity contribution in [2.45, 2.75) is 13.0 Å². The highest BCUT2D eigenvalue weighted by Crippen LogP contribution is 2.29. The maximum atomic E-state index is 10.8. The van der Waals surface area contributed by atoms with Gasteiger partial charge in [0, 0.05) is 7.11 Å². The minimum atomic E-state index is -1.00. The molecule has 1 rings (SSSR count). The van der Waals surface area contributed by atoms with Crippen molar-refractivity contribution in [3.8, 4) is 11.5 Å². The Kier molecular flexibility index (Phi) is 4.78. The molecule has 1 N–H and O–H groups in total. The van der Waals surface area contributed by atoms with E-state index in [4.69, 9.17) is 19.3 Å². The Morgan fingerprint density at radius 1 is 1.35 bits per heavy atom. The van der Waals surface area contributed by atoms with Crippen molar-refractivity contribution in [2.24, 2.45) is 0 Å². The molecule has 0 aliphatic rings. The number of hydrogen-bond acceptors (Lipinski definition) is 4. The first-order valence-electron chi connectivity index (χ1n) is 5.15. The highest BCUT2D eigenvalue weighted by molar-refractivity contribution is 5.88. The number of carbonyl (C=O) groups is 1. The minimum Gasteiger partial charge on any atom is -0.493 e.